The zero-order valence-corrected chi connectivity index (χ0v) is 14.0. The van der Waals surface area contributed by atoms with Crippen LogP contribution in [0.25, 0.3) is 10.9 Å². The van der Waals surface area contributed by atoms with E-state index in [2.05, 4.69) is 26.2 Å². The van der Waals surface area contributed by atoms with Crippen LogP contribution in [0.5, 0.6) is 0 Å². The second-order valence-corrected chi connectivity index (χ2v) is 8.52. The Balaban J connectivity index is 1.78. The largest absolute Gasteiger partial charge is 0.309 e. The van der Waals surface area contributed by atoms with Gasteiger partial charge in [-0.1, -0.05) is 28.1 Å². The molecule has 1 atom stereocenters. The van der Waals surface area contributed by atoms with Gasteiger partial charge >= 0.3 is 0 Å². The van der Waals surface area contributed by atoms with E-state index in [1.54, 1.807) is 6.20 Å². The molecule has 1 aliphatic rings. The van der Waals surface area contributed by atoms with Crippen molar-refractivity contribution in [2.75, 3.05) is 11.5 Å². The van der Waals surface area contributed by atoms with Crippen LogP contribution in [-0.2, 0) is 16.4 Å². The Kier molecular flexibility index (Phi) is 4.28. The molecule has 0 bridgehead atoms. The van der Waals surface area contributed by atoms with Crippen LogP contribution in [0.1, 0.15) is 18.4 Å². The Bertz CT molecular complexity index is 761. The molecule has 2 heterocycles. The van der Waals surface area contributed by atoms with Gasteiger partial charge in [-0.25, -0.2) is 8.42 Å². The van der Waals surface area contributed by atoms with Crippen molar-refractivity contribution in [1.82, 2.24) is 10.3 Å². The van der Waals surface area contributed by atoms with Crippen molar-refractivity contribution in [3.63, 3.8) is 0 Å². The highest BCUT2D eigenvalue weighted by atomic mass is 79.9. The van der Waals surface area contributed by atoms with Crippen LogP contribution < -0.4 is 5.32 Å². The van der Waals surface area contributed by atoms with Gasteiger partial charge in [-0.2, -0.15) is 0 Å². The van der Waals surface area contributed by atoms with Crippen molar-refractivity contribution in [2.45, 2.75) is 25.4 Å². The van der Waals surface area contributed by atoms with E-state index in [9.17, 15) is 8.42 Å². The summed E-state index contributed by atoms with van der Waals surface area (Å²) < 4.78 is 24.4. The molecule has 1 saturated heterocycles. The lowest BCUT2D eigenvalue weighted by molar-refractivity contribution is 0.481. The maximum atomic E-state index is 11.7. The van der Waals surface area contributed by atoms with Gasteiger partial charge in [0.25, 0.3) is 0 Å². The van der Waals surface area contributed by atoms with E-state index in [1.165, 1.54) is 0 Å². The molecule has 0 saturated carbocycles. The van der Waals surface area contributed by atoms with Gasteiger partial charge in [-0.05, 0) is 30.5 Å². The SMILES string of the molecule is O=S1(=O)CCCC(NCc2ccc(Br)c3cccnc23)C1. The van der Waals surface area contributed by atoms with Gasteiger partial charge in [0.15, 0.2) is 9.84 Å². The number of benzene rings is 1. The van der Waals surface area contributed by atoms with E-state index >= 15 is 0 Å². The Morgan fingerprint density at radius 2 is 2.19 bits per heavy atom. The maximum Gasteiger partial charge on any atom is 0.151 e. The number of fused-ring (bicyclic) bond motifs is 1. The number of sulfone groups is 1. The summed E-state index contributed by atoms with van der Waals surface area (Å²) >= 11 is 3.53. The molecule has 21 heavy (non-hydrogen) atoms. The van der Waals surface area contributed by atoms with E-state index in [0.717, 1.165) is 33.8 Å². The predicted octanol–water partition coefficient (Wildman–Crippen LogP) is 2.66. The van der Waals surface area contributed by atoms with Crippen molar-refractivity contribution in [2.24, 2.45) is 0 Å². The monoisotopic (exact) mass is 368 g/mol. The average Bonchev–Trinajstić information content (AvgIpc) is 2.46. The summed E-state index contributed by atoms with van der Waals surface area (Å²) in [7, 11) is -2.87. The van der Waals surface area contributed by atoms with Crippen molar-refractivity contribution < 1.29 is 8.42 Å². The first-order valence-corrected chi connectivity index (χ1v) is 9.62. The van der Waals surface area contributed by atoms with Crippen molar-refractivity contribution in [3.05, 3.63) is 40.5 Å². The number of halogens is 1. The van der Waals surface area contributed by atoms with Crippen LogP contribution in [0.2, 0.25) is 0 Å². The van der Waals surface area contributed by atoms with Gasteiger partial charge in [0.1, 0.15) is 0 Å². The number of hydrogen-bond acceptors (Lipinski definition) is 4. The van der Waals surface area contributed by atoms with Crippen LogP contribution in [-0.4, -0.2) is 30.9 Å². The third-order valence-corrected chi connectivity index (χ3v) is 6.36. The third kappa shape index (κ3) is 3.44. The second kappa shape index (κ2) is 6.02. The van der Waals surface area contributed by atoms with E-state index in [1.807, 2.05) is 24.3 Å². The van der Waals surface area contributed by atoms with Gasteiger partial charge in [0.05, 0.1) is 17.0 Å². The van der Waals surface area contributed by atoms with E-state index in [0.29, 0.717) is 12.3 Å². The zero-order chi connectivity index (χ0) is 14.9. The summed E-state index contributed by atoms with van der Waals surface area (Å²) in [5, 5.41) is 4.45. The smallest absolute Gasteiger partial charge is 0.151 e. The fourth-order valence-corrected chi connectivity index (χ4v) is 4.90. The summed E-state index contributed by atoms with van der Waals surface area (Å²) in [6.07, 6.45) is 3.45. The van der Waals surface area contributed by atoms with E-state index in [-0.39, 0.29) is 11.8 Å². The Morgan fingerprint density at radius 1 is 1.33 bits per heavy atom. The first-order valence-electron chi connectivity index (χ1n) is 7.01. The van der Waals surface area contributed by atoms with Crippen LogP contribution in [0.3, 0.4) is 0 Å². The molecule has 0 aliphatic carbocycles. The third-order valence-electron chi connectivity index (χ3n) is 3.84. The summed E-state index contributed by atoms with van der Waals surface area (Å²) in [5.41, 5.74) is 2.05. The lowest BCUT2D eigenvalue weighted by Crippen LogP contribution is -2.39. The minimum absolute atomic E-state index is 0.0474. The van der Waals surface area contributed by atoms with Crippen LogP contribution >= 0.6 is 15.9 Å². The maximum absolute atomic E-state index is 11.7. The molecule has 1 aromatic heterocycles. The molecular weight excluding hydrogens is 352 g/mol. The highest BCUT2D eigenvalue weighted by Crippen LogP contribution is 2.25. The van der Waals surface area contributed by atoms with Gasteiger partial charge in [-0.3, -0.25) is 4.98 Å². The van der Waals surface area contributed by atoms with Crippen LogP contribution in [0.4, 0.5) is 0 Å². The average molecular weight is 369 g/mol. The van der Waals surface area contributed by atoms with Crippen molar-refractivity contribution in [1.29, 1.82) is 0 Å². The number of pyridine rings is 1. The standard InChI is InChI=1S/C15H17BrN2O2S/c16-14-6-5-11(15-13(14)4-1-7-17-15)9-18-12-3-2-8-21(19,20)10-12/h1,4-7,12,18H,2-3,8-10H2. The molecule has 4 nitrogen and oxygen atoms in total. The lowest BCUT2D eigenvalue weighted by atomic mass is 10.1. The summed E-state index contributed by atoms with van der Waals surface area (Å²) in [6, 6.07) is 8.03. The van der Waals surface area contributed by atoms with Crippen molar-refractivity contribution in [3.8, 4) is 0 Å². The number of nitrogens with one attached hydrogen (secondary N) is 1. The topological polar surface area (TPSA) is 59.1 Å². The molecule has 1 aromatic carbocycles. The second-order valence-electron chi connectivity index (χ2n) is 5.44. The minimum atomic E-state index is -2.87. The first-order chi connectivity index (χ1) is 10.1. The Morgan fingerprint density at radius 3 is 3.00 bits per heavy atom. The number of hydrogen-bond donors (Lipinski definition) is 1. The molecule has 0 radical (unpaired) electrons. The molecular formula is C15H17BrN2O2S. The molecule has 6 heteroatoms. The number of rotatable bonds is 3. The molecule has 112 valence electrons. The summed E-state index contributed by atoms with van der Waals surface area (Å²) in [4.78, 5) is 4.45. The quantitative estimate of drug-likeness (QED) is 0.904. The number of aromatic nitrogens is 1. The first kappa shape index (κ1) is 14.9. The molecule has 1 unspecified atom stereocenters. The molecule has 2 aromatic rings. The Hall–Kier alpha value is -0.980. The Labute approximate surface area is 133 Å². The van der Waals surface area contributed by atoms with Gasteiger partial charge in [0, 0.05) is 28.6 Å². The molecule has 1 fully saturated rings. The predicted molar refractivity (Wildman–Crippen MR) is 88.0 cm³/mol. The molecule has 0 spiro atoms. The van der Waals surface area contributed by atoms with E-state index in [4.69, 9.17) is 0 Å². The highest BCUT2D eigenvalue weighted by molar-refractivity contribution is 9.10. The van der Waals surface area contributed by atoms with Crippen LogP contribution in [0, 0.1) is 0 Å². The number of nitrogens with zero attached hydrogens (tertiary/aromatic N) is 1. The molecule has 1 N–H and O–H groups in total. The van der Waals surface area contributed by atoms with Gasteiger partial charge in [-0.15, -0.1) is 0 Å². The van der Waals surface area contributed by atoms with Crippen molar-refractivity contribution >= 4 is 36.7 Å². The van der Waals surface area contributed by atoms with E-state index < -0.39 is 9.84 Å². The minimum Gasteiger partial charge on any atom is -0.309 e. The lowest BCUT2D eigenvalue weighted by Gasteiger charge is -2.23. The highest BCUT2D eigenvalue weighted by Gasteiger charge is 2.24. The fourth-order valence-electron chi connectivity index (χ4n) is 2.78. The van der Waals surface area contributed by atoms with Gasteiger partial charge in [0.2, 0.25) is 0 Å². The molecule has 3 rings (SSSR count). The summed E-state index contributed by atoms with van der Waals surface area (Å²) in [5.74, 6) is 0.572. The normalized spacial score (nSPS) is 21.5. The van der Waals surface area contributed by atoms with Gasteiger partial charge < -0.3 is 5.32 Å². The summed E-state index contributed by atoms with van der Waals surface area (Å²) in [6.45, 7) is 0.640. The zero-order valence-electron chi connectivity index (χ0n) is 11.5. The fraction of sp³-hybridized carbons (Fsp3) is 0.400. The van der Waals surface area contributed by atoms with Crippen LogP contribution in [0.15, 0.2) is 34.9 Å². The molecule has 0 amide bonds. The molecule has 1 aliphatic heterocycles.